The zero-order valence-electron chi connectivity index (χ0n) is 25.3. The lowest BCUT2D eigenvalue weighted by Crippen LogP contribution is -2.46. The number of nitrogens with two attached hydrogens (primary N) is 2. The second kappa shape index (κ2) is 15.5. The van der Waals surface area contributed by atoms with Crippen LogP contribution in [0.5, 0.6) is 5.75 Å². The number of hydrogen-bond acceptors (Lipinski definition) is 8. The molecule has 2 aromatic rings. The number of nitrogens with zero attached hydrogens (tertiary/aromatic N) is 2. The number of alkyl carbamates (subject to hydrolysis) is 1. The third-order valence-electron chi connectivity index (χ3n) is 5.21. The molecule has 6 N–H and O–H groups in total. The molecule has 0 bridgehead atoms. The monoisotopic (exact) mass is 580 g/mol. The molecule has 0 spiro atoms. The standard InChI is InChI=1S/C31H44N6O5/c1-8-9-15-20-40-25-19-14-13-18-23(25)26(24(32)21-37(33)22-16-11-10-12-17-22)34-27(35-28(38)41-30(2,3)4)36-29(39)42-31(5,6)7/h8,10-14,16-19,21,26H,1,9,15,20,32-33H2,2-7H3,(H2,34,35,36,38,39)/b24-21-. The molecule has 0 saturated heterocycles. The molecule has 0 fully saturated rings. The summed E-state index contributed by atoms with van der Waals surface area (Å²) in [4.78, 5) is 29.4. The summed E-state index contributed by atoms with van der Waals surface area (Å²) in [5, 5.41) is 6.94. The summed E-state index contributed by atoms with van der Waals surface area (Å²) >= 11 is 0. The molecule has 0 aliphatic heterocycles. The number of hydrazine groups is 1. The van der Waals surface area contributed by atoms with Crippen LogP contribution in [-0.2, 0) is 9.47 Å². The number of anilines is 1. The van der Waals surface area contributed by atoms with Crippen LogP contribution in [0.1, 0.15) is 66.0 Å². The van der Waals surface area contributed by atoms with Gasteiger partial charge in [-0.25, -0.2) is 15.4 Å². The maximum Gasteiger partial charge on any atom is 0.437 e. The number of nitrogens with one attached hydrogen (secondary N) is 2. The number of para-hydroxylation sites is 2. The second-order valence-electron chi connectivity index (χ2n) is 11.3. The van der Waals surface area contributed by atoms with E-state index < -0.39 is 29.4 Å². The van der Waals surface area contributed by atoms with Gasteiger partial charge in [0.05, 0.1) is 24.0 Å². The van der Waals surface area contributed by atoms with Gasteiger partial charge in [0.15, 0.2) is 0 Å². The predicted molar refractivity (Wildman–Crippen MR) is 166 cm³/mol. The summed E-state index contributed by atoms with van der Waals surface area (Å²) in [5.41, 5.74) is 6.53. The summed E-state index contributed by atoms with van der Waals surface area (Å²) in [5.74, 6) is 6.60. The maximum atomic E-state index is 12.7. The van der Waals surface area contributed by atoms with Crippen LogP contribution in [0.2, 0.25) is 0 Å². The first-order valence-corrected chi connectivity index (χ1v) is 13.7. The summed E-state index contributed by atoms with van der Waals surface area (Å²) in [6, 6.07) is 15.6. The van der Waals surface area contributed by atoms with Crippen molar-refractivity contribution < 1.29 is 23.8 Å². The molecule has 2 aromatic carbocycles. The maximum absolute atomic E-state index is 12.7. The zero-order chi connectivity index (χ0) is 31.3. The Morgan fingerprint density at radius 3 is 2.24 bits per heavy atom. The van der Waals surface area contributed by atoms with Crippen molar-refractivity contribution in [2.45, 2.75) is 71.6 Å². The van der Waals surface area contributed by atoms with Crippen LogP contribution < -0.4 is 32.0 Å². The van der Waals surface area contributed by atoms with Gasteiger partial charge in [0.25, 0.3) is 0 Å². The van der Waals surface area contributed by atoms with Crippen molar-refractivity contribution in [1.29, 1.82) is 0 Å². The molecule has 0 heterocycles. The molecule has 1 unspecified atom stereocenters. The smallest absolute Gasteiger partial charge is 0.437 e. The molecule has 2 amide bonds. The molecule has 0 aromatic heterocycles. The Morgan fingerprint density at radius 2 is 1.62 bits per heavy atom. The number of hydrogen-bond donors (Lipinski definition) is 4. The van der Waals surface area contributed by atoms with Crippen molar-refractivity contribution in [2.75, 3.05) is 11.6 Å². The van der Waals surface area contributed by atoms with E-state index in [9.17, 15) is 9.59 Å². The van der Waals surface area contributed by atoms with E-state index in [1.54, 1.807) is 47.6 Å². The van der Waals surface area contributed by atoms with E-state index in [1.807, 2.05) is 54.6 Å². The predicted octanol–water partition coefficient (Wildman–Crippen LogP) is 5.66. The largest absolute Gasteiger partial charge is 0.493 e. The van der Waals surface area contributed by atoms with Crippen LogP contribution in [0, 0.1) is 0 Å². The second-order valence-corrected chi connectivity index (χ2v) is 11.3. The van der Waals surface area contributed by atoms with Crippen molar-refractivity contribution >= 4 is 23.8 Å². The number of unbranched alkanes of at least 4 members (excludes halogenated alkanes) is 1. The third-order valence-corrected chi connectivity index (χ3v) is 5.21. The summed E-state index contributed by atoms with van der Waals surface area (Å²) in [6.45, 7) is 14.4. The van der Waals surface area contributed by atoms with Gasteiger partial charge in [-0.15, -0.1) is 11.6 Å². The highest BCUT2D eigenvalue weighted by atomic mass is 16.6. The lowest BCUT2D eigenvalue weighted by Gasteiger charge is -2.26. The van der Waals surface area contributed by atoms with Crippen molar-refractivity contribution in [3.8, 4) is 5.75 Å². The van der Waals surface area contributed by atoms with E-state index >= 15 is 0 Å². The van der Waals surface area contributed by atoms with Crippen molar-refractivity contribution in [3.05, 3.63) is 84.7 Å². The number of guanidine groups is 1. The molecule has 0 saturated carbocycles. The Labute approximate surface area is 248 Å². The van der Waals surface area contributed by atoms with Crippen LogP contribution in [0.3, 0.4) is 0 Å². The minimum Gasteiger partial charge on any atom is -0.493 e. The van der Waals surface area contributed by atoms with Gasteiger partial charge < -0.3 is 25.3 Å². The molecule has 0 aliphatic rings. The van der Waals surface area contributed by atoms with Crippen molar-refractivity contribution in [3.63, 3.8) is 0 Å². The molecule has 0 radical (unpaired) electrons. The number of carbonyl (C=O) groups excluding carboxylic acids is 2. The molecule has 42 heavy (non-hydrogen) atoms. The molecule has 11 heteroatoms. The number of benzene rings is 2. The van der Waals surface area contributed by atoms with Gasteiger partial charge in [0, 0.05) is 11.8 Å². The number of allylic oxidation sites excluding steroid dienone is 1. The van der Waals surface area contributed by atoms with E-state index in [-0.39, 0.29) is 11.7 Å². The van der Waals surface area contributed by atoms with Gasteiger partial charge >= 0.3 is 12.2 Å². The Hall–Kier alpha value is -4.51. The lowest BCUT2D eigenvalue weighted by atomic mass is 10.0. The fourth-order valence-corrected chi connectivity index (χ4v) is 3.52. The summed E-state index contributed by atoms with van der Waals surface area (Å²) in [7, 11) is 0. The Bertz CT molecular complexity index is 1250. The number of rotatable bonds is 10. The topological polar surface area (TPSA) is 154 Å². The van der Waals surface area contributed by atoms with Crippen molar-refractivity contribution in [2.24, 2.45) is 16.6 Å². The average molecular weight is 581 g/mol. The van der Waals surface area contributed by atoms with Crippen LogP contribution in [0.15, 0.2) is 84.1 Å². The van der Waals surface area contributed by atoms with E-state index in [2.05, 4.69) is 22.2 Å². The molecule has 2 rings (SSSR count). The van der Waals surface area contributed by atoms with E-state index in [0.29, 0.717) is 23.6 Å². The SMILES string of the molecule is C=CCCCOc1ccccc1C(N/C(=N/C(=O)OC(C)(C)C)NC(=O)OC(C)(C)C)/C(N)=C/N(N)c1ccccc1. The quantitative estimate of drug-likeness (QED) is 0.0696. The minimum atomic E-state index is -0.930. The molecular weight excluding hydrogens is 536 g/mol. The summed E-state index contributed by atoms with van der Waals surface area (Å²) in [6.07, 6.45) is 3.13. The summed E-state index contributed by atoms with van der Waals surface area (Å²) < 4.78 is 16.8. The lowest BCUT2D eigenvalue weighted by molar-refractivity contribution is 0.0560. The Kier molecular flexibility index (Phi) is 12.4. The normalized spacial score (nSPS) is 13.0. The van der Waals surface area contributed by atoms with E-state index in [1.165, 1.54) is 11.2 Å². The molecule has 228 valence electrons. The highest BCUT2D eigenvalue weighted by molar-refractivity contribution is 5.99. The van der Waals surface area contributed by atoms with Gasteiger partial charge in [0.2, 0.25) is 5.96 Å². The van der Waals surface area contributed by atoms with Gasteiger partial charge in [-0.1, -0.05) is 42.5 Å². The van der Waals surface area contributed by atoms with Gasteiger partial charge in [-0.2, -0.15) is 0 Å². The average Bonchev–Trinajstić information content (AvgIpc) is 2.88. The van der Waals surface area contributed by atoms with Crippen LogP contribution >= 0.6 is 0 Å². The van der Waals surface area contributed by atoms with Crippen LogP contribution in [0.25, 0.3) is 0 Å². The first kappa shape index (κ1) is 33.7. The zero-order valence-corrected chi connectivity index (χ0v) is 25.3. The fraction of sp³-hybridized carbons (Fsp3) is 0.387. The first-order valence-electron chi connectivity index (χ1n) is 13.7. The Morgan fingerprint density at radius 1 is 1.00 bits per heavy atom. The highest BCUT2D eigenvalue weighted by Crippen LogP contribution is 2.29. The van der Waals surface area contributed by atoms with E-state index in [4.69, 9.17) is 25.8 Å². The Balaban J connectivity index is 2.57. The molecule has 0 aliphatic carbocycles. The first-order chi connectivity index (χ1) is 19.7. The van der Waals surface area contributed by atoms with Crippen molar-refractivity contribution in [1.82, 2.24) is 10.6 Å². The van der Waals surface area contributed by atoms with Gasteiger partial charge in [-0.3, -0.25) is 10.3 Å². The van der Waals surface area contributed by atoms with Crippen LogP contribution in [-0.4, -0.2) is 36.0 Å². The molecule has 1 atom stereocenters. The number of ether oxygens (including phenoxy) is 3. The van der Waals surface area contributed by atoms with E-state index in [0.717, 1.165) is 12.8 Å². The molecule has 11 nitrogen and oxygen atoms in total. The minimum absolute atomic E-state index is 0.228. The number of amides is 2. The fourth-order valence-electron chi connectivity index (χ4n) is 3.52. The van der Waals surface area contributed by atoms with Crippen LogP contribution in [0.4, 0.5) is 15.3 Å². The third kappa shape index (κ3) is 12.3. The number of carbonyl (C=O) groups is 2. The highest BCUT2D eigenvalue weighted by Gasteiger charge is 2.25. The van der Waals surface area contributed by atoms with Gasteiger partial charge in [-0.05, 0) is 72.6 Å². The van der Waals surface area contributed by atoms with Gasteiger partial charge in [0.1, 0.15) is 17.0 Å². The number of aliphatic imine (C=N–C) groups is 1. The molecular formula is C31H44N6O5.